The summed E-state index contributed by atoms with van der Waals surface area (Å²) in [7, 11) is -3.70. The number of nitrogens with two attached hydrogens (primary N) is 1. The Morgan fingerprint density at radius 3 is 2.92 bits per heavy atom. The molecule has 134 valence electrons. The number of aromatic nitrogens is 2. The lowest BCUT2D eigenvalue weighted by Crippen LogP contribution is -2.31. The molecule has 0 amide bonds. The smallest absolute Gasteiger partial charge is 0.262 e. The van der Waals surface area contributed by atoms with Gasteiger partial charge in [-0.3, -0.25) is 9.40 Å². The van der Waals surface area contributed by atoms with E-state index < -0.39 is 10.0 Å². The van der Waals surface area contributed by atoms with Gasteiger partial charge in [-0.05, 0) is 24.5 Å². The summed E-state index contributed by atoms with van der Waals surface area (Å²) in [5.41, 5.74) is 7.13. The maximum Gasteiger partial charge on any atom is 0.262 e. The van der Waals surface area contributed by atoms with Gasteiger partial charge in [0, 0.05) is 6.20 Å². The molecule has 0 radical (unpaired) electrons. The number of sulfonamides is 1. The second-order valence-corrected chi connectivity index (χ2v) is 7.67. The molecule has 3 N–H and O–H groups in total. The predicted octanol–water partition coefficient (Wildman–Crippen LogP) is 1.70. The third-order valence-corrected chi connectivity index (χ3v) is 5.65. The molecule has 0 unspecified atom stereocenters. The lowest BCUT2D eigenvalue weighted by atomic mass is 10.1. The maximum absolute atomic E-state index is 12.8. The van der Waals surface area contributed by atoms with Crippen molar-refractivity contribution in [3.05, 3.63) is 54.9 Å². The van der Waals surface area contributed by atoms with Crippen LogP contribution in [0.15, 0.2) is 54.2 Å². The fourth-order valence-corrected chi connectivity index (χ4v) is 4.14. The number of rotatable bonds is 7. The van der Waals surface area contributed by atoms with Crippen molar-refractivity contribution < 1.29 is 13.2 Å². The van der Waals surface area contributed by atoms with E-state index in [1.165, 1.54) is 6.20 Å². The molecule has 25 heavy (non-hydrogen) atoms. The number of hydrogen-bond donors (Lipinski definition) is 2. The van der Waals surface area contributed by atoms with Gasteiger partial charge in [0.25, 0.3) is 10.0 Å². The van der Waals surface area contributed by atoms with E-state index in [-0.39, 0.29) is 17.0 Å². The highest BCUT2D eigenvalue weighted by Crippen LogP contribution is 2.23. The van der Waals surface area contributed by atoms with Gasteiger partial charge < -0.3 is 10.5 Å². The van der Waals surface area contributed by atoms with Crippen molar-refractivity contribution in [3.63, 3.8) is 0 Å². The Labute approximate surface area is 147 Å². The van der Waals surface area contributed by atoms with E-state index in [2.05, 4.69) is 16.4 Å². The summed E-state index contributed by atoms with van der Waals surface area (Å²) in [5.74, 6) is 0. The summed E-state index contributed by atoms with van der Waals surface area (Å²) in [5, 5.41) is 4.21. The summed E-state index contributed by atoms with van der Waals surface area (Å²) >= 11 is 0. The van der Waals surface area contributed by atoms with Gasteiger partial charge in [-0.25, -0.2) is 8.42 Å². The molecule has 1 fully saturated rings. The fraction of sp³-hybridized carbons (Fsp3) is 0.353. The van der Waals surface area contributed by atoms with Gasteiger partial charge >= 0.3 is 0 Å². The van der Waals surface area contributed by atoms with Gasteiger partial charge in [-0.15, -0.1) is 6.58 Å². The molecule has 3 rings (SSSR count). The average molecular weight is 362 g/mol. The fourth-order valence-electron chi connectivity index (χ4n) is 2.84. The minimum absolute atomic E-state index is 0.0851. The van der Waals surface area contributed by atoms with E-state index in [1.807, 2.05) is 12.1 Å². The quantitative estimate of drug-likeness (QED) is 0.731. The molecule has 0 aliphatic carbocycles. The first-order valence-corrected chi connectivity index (χ1v) is 9.58. The van der Waals surface area contributed by atoms with E-state index in [0.717, 1.165) is 5.56 Å². The van der Waals surface area contributed by atoms with Crippen molar-refractivity contribution in [2.45, 2.75) is 29.8 Å². The lowest BCUT2D eigenvalue weighted by molar-refractivity contribution is 0.183. The zero-order valence-electron chi connectivity index (χ0n) is 13.8. The number of benzene rings is 1. The van der Waals surface area contributed by atoms with E-state index in [4.69, 9.17) is 10.5 Å². The number of ether oxygens (including phenoxy) is 1. The molecular weight excluding hydrogens is 340 g/mol. The molecule has 0 spiro atoms. The molecule has 2 atom stereocenters. The average Bonchev–Trinajstić information content (AvgIpc) is 3.21. The standard InChI is InChI=1S/C17H22N4O3S/c1-2-3-6-13-7-4-5-8-17(13)25(22,23)20-14-9-19-21(10-14)16-12-24-11-15(16)18/h2,4-5,7-10,15-16,20H,1,3,6,11-12,18H2/t15-,16+/m1/s1. The molecular formula is C17H22N4O3S. The summed E-state index contributed by atoms with van der Waals surface area (Å²) in [4.78, 5) is 0.269. The van der Waals surface area contributed by atoms with Crippen LogP contribution in [0.5, 0.6) is 0 Å². The molecule has 8 heteroatoms. The topological polar surface area (TPSA) is 99.2 Å². The molecule has 1 aromatic carbocycles. The van der Waals surface area contributed by atoms with Crippen LogP contribution < -0.4 is 10.5 Å². The minimum atomic E-state index is -3.70. The number of allylic oxidation sites excluding steroid dienone is 1. The Hall–Kier alpha value is -2.16. The zero-order valence-corrected chi connectivity index (χ0v) is 14.7. The van der Waals surface area contributed by atoms with Crippen molar-refractivity contribution in [2.75, 3.05) is 17.9 Å². The van der Waals surface area contributed by atoms with Gasteiger partial charge in [0.15, 0.2) is 0 Å². The van der Waals surface area contributed by atoms with Gasteiger partial charge in [0.05, 0.1) is 42.1 Å². The van der Waals surface area contributed by atoms with Crippen molar-refractivity contribution >= 4 is 15.7 Å². The van der Waals surface area contributed by atoms with Crippen LogP contribution >= 0.6 is 0 Å². The second-order valence-electron chi connectivity index (χ2n) is 6.02. The van der Waals surface area contributed by atoms with Crippen LogP contribution in [0, 0.1) is 0 Å². The van der Waals surface area contributed by atoms with Crippen LogP contribution in [0.2, 0.25) is 0 Å². The number of hydrogen-bond acceptors (Lipinski definition) is 5. The van der Waals surface area contributed by atoms with Crippen molar-refractivity contribution in [1.82, 2.24) is 9.78 Å². The number of nitrogens with zero attached hydrogens (tertiary/aromatic N) is 2. The largest absolute Gasteiger partial charge is 0.377 e. The lowest BCUT2D eigenvalue weighted by Gasteiger charge is -2.13. The predicted molar refractivity (Wildman–Crippen MR) is 95.8 cm³/mol. The summed E-state index contributed by atoms with van der Waals surface area (Å²) in [6.45, 7) is 4.63. The Bertz CT molecular complexity index is 847. The highest BCUT2D eigenvalue weighted by molar-refractivity contribution is 7.92. The summed E-state index contributed by atoms with van der Waals surface area (Å²) in [6.07, 6.45) is 6.23. The first-order chi connectivity index (χ1) is 12.0. The minimum Gasteiger partial charge on any atom is -0.377 e. The van der Waals surface area contributed by atoms with Crippen LogP contribution in [0.4, 0.5) is 5.69 Å². The van der Waals surface area contributed by atoms with Gasteiger partial charge in [0.2, 0.25) is 0 Å². The van der Waals surface area contributed by atoms with Crippen molar-refractivity contribution in [3.8, 4) is 0 Å². The van der Waals surface area contributed by atoms with Crippen molar-refractivity contribution in [2.24, 2.45) is 5.73 Å². The Kier molecular flexibility index (Phi) is 5.22. The molecule has 2 heterocycles. The highest BCUT2D eigenvalue weighted by Gasteiger charge is 2.27. The van der Waals surface area contributed by atoms with Crippen LogP contribution in [0.1, 0.15) is 18.0 Å². The third-order valence-electron chi connectivity index (χ3n) is 4.17. The summed E-state index contributed by atoms with van der Waals surface area (Å²) < 4.78 is 35.1. The van der Waals surface area contributed by atoms with E-state index in [1.54, 1.807) is 29.1 Å². The van der Waals surface area contributed by atoms with E-state index >= 15 is 0 Å². The molecule has 0 bridgehead atoms. The molecule has 1 aliphatic heterocycles. The van der Waals surface area contributed by atoms with Crippen molar-refractivity contribution in [1.29, 1.82) is 0 Å². The molecule has 1 aliphatic rings. The molecule has 2 aromatic rings. The molecule has 1 aromatic heterocycles. The van der Waals surface area contributed by atoms with E-state index in [0.29, 0.717) is 31.7 Å². The molecule has 1 saturated heterocycles. The second kappa shape index (κ2) is 7.38. The number of aryl methyl sites for hydroxylation is 1. The third kappa shape index (κ3) is 3.92. The van der Waals surface area contributed by atoms with Crippen LogP contribution in [-0.2, 0) is 21.2 Å². The first kappa shape index (κ1) is 17.7. The summed E-state index contributed by atoms with van der Waals surface area (Å²) in [6, 6.07) is 6.73. The van der Waals surface area contributed by atoms with Crippen LogP contribution in [0.3, 0.4) is 0 Å². The SMILES string of the molecule is C=CCCc1ccccc1S(=O)(=O)Nc1cnn([C@H]2COC[C@H]2N)c1. The molecule has 0 saturated carbocycles. The van der Waals surface area contributed by atoms with Gasteiger partial charge in [0.1, 0.15) is 0 Å². The van der Waals surface area contributed by atoms with E-state index in [9.17, 15) is 8.42 Å². The van der Waals surface area contributed by atoms with Crippen LogP contribution in [0.25, 0.3) is 0 Å². The van der Waals surface area contributed by atoms with Gasteiger partial charge in [-0.2, -0.15) is 5.10 Å². The van der Waals surface area contributed by atoms with Crippen LogP contribution in [-0.4, -0.2) is 37.5 Å². The molecule has 7 nitrogen and oxygen atoms in total. The maximum atomic E-state index is 12.8. The Balaban J connectivity index is 1.80. The Morgan fingerprint density at radius 1 is 1.40 bits per heavy atom. The Morgan fingerprint density at radius 2 is 2.20 bits per heavy atom. The monoisotopic (exact) mass is 362 g/mol. The number of anilines is 1. The highest BCUT2D eigenvalue weighted by atomic mass is 32.2. The first-order valence-electron chi connectivity index (χ1n) is 8.10. The normalized spacial score (nSPS) is 20.5. The number of nitrogens with one attached hydrogen (secondary N) is 1. The zero-order chi connectivity index (χ0) is 17.9. The van der Waals surface area contributed by atoms with Gasteiger partial charge in [-0.1, -0.05) is 24.3 Å².